The molecule has 0 amide bonds. The molecule has 0 spiro atoms. The fourth-order valence-corrected chi connectivity index (χ4v) is 4.38. The Morgan fingerprint density at radius 2 is 2.25 bits per heavy atom. The van der Waals surface area contributed by atoms with Crippen LogP contribution in [0.3, 0.4) is 0 Å². The second-order valence-corrected chi connectivity index (χ2v) is 6.90. The molecule has 2 fully saturated rings. The van der Waals surface area contributed by atoms with Crippen molar-refractivity contribution in [3.05, 3.63) is 0 Å². The molecule has 0 radical (unpaired) electrons. The molecule has 4 heteroatoms. The largest absolute Gasteiger partial charge is 0.468 e. The SMILES string of the molecule is COC(=O)C1CSC2CC(C)(C)CCC2N1. The molecule has 2 aliphatic rings. The second kappa shape index (κ2) is 4.57. The fourth-order valence-electron chi connectivity index (χ4n) is 2.69. The minimum Gasteiger partial charge on any atom is -0.468 e. The van der Waals surface area contributed by atoms with E-state index in [4.69, 9.17) is 4.74 Å². The molecule has 0 bridgehead atoms. The molecular weight excluding hydrogens is 222 g/mol. The molecule has 1 heterocycles. The van der Waals surface area contributed by atoms with E-state index in [0.29, 0.717) is 16.7 Å². The smallest absolute Gasteiger partial charge is 0.323 e. The summed E-state index contributed by atoms with van der Waals surface area (Å²) in [5.74, 6) is 0.736. The van der Waals surface area contributed by atoms with Gasteiger partial charge in [-0.1, -0.05) is 13.8 Å². The third kappa shape index (κ3) is 2.54. The number of hydrogen-bond donors (Lipinski definition) is 1. The number of methoxy groups -OCH3 is 1. The molecule has 3 nitrogen and oxygen atoms in total. The first-order valence-corrected chi connectivity index (χ1v) is 7.02. The summed E-state index contributed by atoms with van der Waals surface area (Å²) in [4.78, 5) is 11.5. The fraction of sp³-hybridized carbons (Fsp3) is 0.917. The Labute approximate surface area is 102 Å². The number of nitrogens with one attached hydrogen (secondary N) is 1. The maximum absolute atomic E-state index is 11.5. The minimum absolute atomic E-state index is 0.0996. The molecule has 1 saturated heterocycles. The van der Waals surface area contributed by atoms with Gasteiger partial charge in [0.05, 0.1) is 7.11 Å². The van der Waals surface area contributed by atoms with Crippen LogP contribution in [0.4, 0.5) is 0 Å². The molecule has 3 unspecified atom stereocenters. The van der Waals surface area contributed by atoms with Gasteiger partial charge in [0, 0.05) is 17.0 Å². The summed E-state index contributed by atoms with van der Waals surface area (Å²) in [5, 5.41) is 4.12. The van der Waals surface area contributed by atoms with Crippen LogP contribution in [0, 0.1) is 5.41 Å². The van der Waals surface area contributed by atoms with Crippen LogP contribution in [0.15, 0.2) is 0 Å². The maximum Gasteiger partial charge on any atom is 0.323 e. The van der Waals surface area contributed by atoms with Gasteiger partial charge in [0.1, 0.15) is 6.04 Å². The summed E-state index contributed by atoms with van der Waals surface area (Å²) >= 11 is 1.94. The summed E-state index contributed by atoms with van der Waals surface area (Å²) in [5.41, 5.74) is 0.466. The second-order valence-electron chi connectivity index (χ2n) is 5.63. The van der Waals surface area contributed by atoms with Crippen LogP contribution < -0.4 is 5.32 Å². The van der Waals surface area contributed by atoms with E-state index in [1.165, 1.54) is 26.4 Å². The lowest BCUT2D eigenvalue weighted by atomic mass is 9.75. The van der Waals surface area contributed by atoms with Crippen molar-refractivity contribution < 1.29 is 9.53 Å². The Hall–Kier alpha value is -0.220. The van der Waals surface area contributed by atoms with E-state index in [2.05, 4.69) is 19.2 Å². The van der Waals surface area contributed by atoms with E-state index in [9.17, 15) is 4.79 Å². The standard InChI is InChI=1S/C12H21NO2S/c1-12(2)5-4-8-10(6-12)16-7-9(13-8)11(14)15-3/h8-10,13H,4-7H2,1-3H3. The molecule has 2 rings (SSSR count). The van der Waals surface area contributed by atoms with Crippen molar-refractivity contribution in [2.75, 3.05) is 12.9 Å². The summed E-state index contributed by atoms with van der Waals surface area (Å²) in [7, 11) is 1.46. The number of fused-ring (bicyclic) bond motifs is 1. The van der Waals surface area contributed by atoms with Crippen molar-refractivity contribution in [1.29, 1.82) is 0 Å². The number of carbonyl (C=O) groups is 1. The van der Waals surface area contributed by atoms with Gasteiger partial charge in [-0.3, -0.25) is 10.1 Å². The third-order valence-corrected chi connectivity index (χ3v) is 5.16. The molecule has 3 atom stereocenters. The van der Waals surface area contributed by atoms with Crippen LogP contribution >= 0.6 is 11.8 Å². The highest BCUT2D eigenvalue weighted by Crippen LogP contribution is 2.42. The van der Waals surface area contributed by atoms with Crippen LogP contribution in [0.25, 0.3) is 0 Å². The Kier molecular flexibility index (Phi) is 3.50. The lowest BCUT2D eigenvalue weighted by molar-refractivity contribution is -0.142. The van der Waals surface area contributed by atoms with Crippen molar-refractivity contribution in [2.45, 2.75) is 50.4 Å². The number of thioether (sulfide) groups is 1. The van der Waals surface area contributed by atoms with Gasteiger partial charge in [-0.25, -0.2) is 0 Å². The maximum atomic E-state index is 11.5. The number of carbonyl (C=O) groups excluding carboxylic acids is 1. The van der Waals surface area contributed by atoms with Crippen molar-refractivity contribution in [1.82, 2.24) is 5.32 Å². The van der Waals surface area contributed by atoms with Crippen molar-refractivity contribution in [3.8, 4) is 0 Å². The molecule has 0 aromatic rings. The molecule has 92 valence electrons. The van der Waals surface area contributed by atoms with Gasteiger partial charge in [-0.15, -0.1) is 0 Å². The monoisotopic (exact) mass is 243 g/mol. The highest BCUT2D eigenvalue weighted by molar-refractivity contribution is 8.00. The highest BCUT2D eigenvalue weighted by atomic mass is 32.2. The molecule has 0 aromatic carbocycles. The van der Waals surface area contributed by atoms with E-state index >= 15 is 0 Å². The van der Waals surface area contributed by atoms with Gasteiger partial charge in [-0.2, -0.15) is 11.8 Å². The minimum atomic E-state index is -0.115. The van der Waals surface area contributed by atoms with Crippen molar-refractivity contribution in [3.63, 3.8) is 0 Å². The summed E-state index contributed by atoms with van der Waals surface area (Å²) in [6, 6.07) is 0.397. The lowest BCUT2D eigenvalue weighted by Gasteiger charge is -2.45. The van der Waals surface area contributed by atoms with E-state index in [-0.39, 0.29) is 12.0 Å². The zero-order chi connectivity index (χ0) is 11.8. The van der Waals surface area contributed by atoms with Crippen LogP contribution in [0.5, 0.6) is 0 Å². The van der Waals surface area contributed by atoms with Crippen LogP contribution in [-0.4, -0.2) is 36.2 Å². The quantitative estimate of drug-likeness (QED) is 0.713. The Morgan fingerprint density at radius 3 is 2.94 bits per heavy atom. The van der Waals surface area contributed by atoms with Gasteiger partial charge in [0.2, 0.25) is 0 Å². The summed E-state index contributed by atoms with van der Waals surface area (Å²) in [6.07, 6.45) is 3.68. The first-order chi connectivity index (χ1) is 7.52. The van der Waals surface area contributed by atoms with Crippen LogP contribution in [0.2, 0.25) is 0 Å². The zero-order valence-electron chi connectivity index (χ0n) is 10.3. The van der Waals surface area contributed by atoms with E-state index in [0.717, 1.165) is 5.75 Å². The van der Waals surface area contributed by atoms with Gasteiger partial charge in [0.25, 0.3) is 0 Å². The molecule has 1 aliphatic carbocycles. The van der Waals surface area contributed by atoms with E-state index < -0.39 is 0 Å². The van der Waals surface area contributed by atoms with Crippen LogP contribution in [0.1, 0.15) is 33.1 Å². The van der Waals surface area contributed by atoms with Crippen molar-refractivity contribution in [2.24, 2.45) is 5.41 Å². The number of hydrogen-bond acceptors (Lipinski definition) is 4. The molecule has 1 N–H and O–H groups in total. The summed E-state index contributed by atoms with van der Waals surface area (Å²) in [6.45, 7) is 4.69. The molecule has 0 aromatic heterocycles. The number of esters is 1. The first kappa shape index (κ1) is 12.2. The summed E-state index contributed by atoms with van der Waals surface area (Å²) < 4.78 is 4.80. The van der Waals surface area contributed by atoms with Gasteiger partial charge < -0.3 is 4.74 Å². The van der Waals surface area contributed by atoms with Gasteiger partial charge in [0.15, 0.2) is 0 Å². The first-order valence-electron chi connectivity index (χ1n) is 5.97. The normalized spacial score (nSPS) is 37.6. The predicted octanol–water partition coefficient (Wildman–Crippen LogP) is 1.81. The highest BCUT2D eigenvalue weighted by Gasteiger charge is 2.40. The third-order valence-electron chi connectivity index (χ3n) is 3.71. The molecular formula is C12H21NO2S. The van der Waals surface area contributed by atoms with E-state index in [1.54, 1.807) is 0 Å². The average Bonchev–Trinajstić information content (AvgIpc) is 2.26. The number of ether oxygens (including phenoxy) is 1. The van der Waals surface area contributed by atoms with Crippen LogP contribution in [-0.2, 0) is 9.53 Å². The Morgan fingerprint density at radius 1 is 1.50 bits per heavy atom. The van der Waals surface area contributed by atoms with Gasteiger partial charge in [-0.05, 0) is 24.7 Å². The van der Waals surface area contributed by atoms with Crippen molar-refractivity contribution >= 4 is 17.7 Å². The van der Waals surface area contributed by atoms with Gasteiger partial charge >= 0.3 is 5.97 Å². The molecule has 1 saturated carbocycles. The van der Waals surface area contributed by atoms with E-state index in [1.807, 2.05) is 11.8 Å². The zero-order valence-corrected chi connectivity index (χ0v) is 11.1. The lowest BCUT2D eigenvalue weighted by Crippen LogP contribution is -2.56. The predicted molar refractivity (Wildman–Crippen MR) is 66.6 cm³/mol. The Balaban J connectivity index is 1.95. The molecule has 16 heavy (non-hydrogen) atoms. The Bertz CT molecular complexity index is 280. The number of rotatable bonds is 1. The topological polar surface area (TPSA) is 38.3 Å². The average molecular weight is 243 g/mol. The molecule has 1 aliphatic heterocycles.